The minimum atomic E-state index is -0.320. The molecule has 0 bridgehead atoms. The molecule has 1 heterocycles. The van der Waals surface area contributed by atoms with Crippen molar-refractivity contribution in [2.75, 3.05) is 6.61 Å². The fourth-order valence-electron chi connectivity index (χ4n) is 0.946. The van der Waals surface area contributed by atoms with Crippen LogP contribution in [0.3, 0.4) is 0 Å². The zero-order chi connectivity index (χ0) is 8.10. The molecule has 0 aromatic rings. The van der Waals surface area contributed by atoms with Crippen molar-refractivity contribution in [3.63, 3.8) is 0 Å². The van der Waals surface area contributed by atoms with Crippen LogP contribution in [0.15, 0.2) is 12.2 Å². The number of rotatable bonds is 2. The van der Waals surface area contributed by atoms with Gasteiger partial charge in [0.25, 0.3) is 0 Å². The second-order valence-electron chi connectivity index (χ2n) is 2.38. The van der Waals surface area contributed by atoms with Crippen LogP contribution >= 0.6 is 0 Å². The van der Waals surface area contributed by atoms with Gasteiger partial charge in [-0.1, -0.05) is 6.08 Å². The van der Waals surface area contributed by atoms with Crippen LogP contribution in [0.4, 0.5) is 0 Å². The van der Waals surface area contributed by atoms with Gasteiger partial charge in [-0.05, 0) is 13.3 Å². The number of ether oxygens (including phenoxy) is 2. The zero-order valence-electron chi connectivity index (χ0n) is 6.58. The zero-order valence-corrected chi connectivity index (χ0v) is 6.58. The van der Waals surface area contributed by atoms with E-state index >= 15 is 0 Å². The topological polar surface area (TPSA) is 35.5 Å². The lowest BCUT2D eigenvalue weighted by Gasteiger charge is -2.07. The van der Waals surface area contributed by atoms with Gasteiger partial charge in [0.1, 0.15) is 0 Å². The second-order valence-corrected chi connectivity index (χ2v) is 2.38. The maximum atomic E-state index is 10.8. The van der Waals surface area contributed by atoms with Crippen LogP contribution in [-0.4, -0.2) is 18.9 Å². The summed E-state index contributed by atoms with van der Waals surface area (Å²) >= 11 is 0. The summed E-state index contributed by atoms with van der Waals surface area (Å²) in [5.41, 5.74) is 0. The van der Waals surface area contributed by atoms with Gasteiger partial charge in [0.05, 0.1) is 6.61 Å². The van der Waals surface area contributed by atoms with E-state index in [0.717, 1.165) is 12.8 Å². The van der Waals surface area contributed by atoms with Crippen LogP contribution in [0, 0.1) is 0 Å². The molecule has 3 nitrogen and oxygen atoms in total. The molecule has 3 heteroatoms. The van der Waals surface area contributed by atoms with Gasteiger partial charge >= 0.3 is 5.97 Å². The minimum Gasteiger partial charge on any atom is -0.433 e. The van der Waals surface area contributed by atoms with Crippen molar-refractivity contribution in [3.8, 4) is 0 Å². The maximum absolute atomic E-state index is 10.8. The highest BCUT2D eigenvalue weighted by Gasteiger charge is 2.17. The van der Waals surface area contributed by atoms with Crippen LogP contribution < -0.4 is 0 Å². The summed E-state index contributed by atoms with van der Waals surface area (Å²) in [5, 5.41) is 0. The maximum Gasteiger partial charge on any atom is 0.332 e. The molecule has 0 amide bonds. The van der Waals surface area contributed by atoms with Crippen molar-refractivity contribution >= 4 is 5.97 Å². The molecule has 11 heavy (non-hydrogen) atoms. The van der Waals surface area contributed by atoms with E-state index in [4.69, 9.17) is 9.47 Å². The average molecular weight is 156 g/mol. The monoisotopic (exact) mass is 156 g/mol. The van der Waals surface area contributed by atoms with Crippen molar-refractivity contribution in [1.29, 1.82) is 0 Å². The highest BCUT2D eigenvalue weighted by Crippen LogP contribution is 2.12. The Morgan fingerprint density at radius 2 is 2.55 bits per heavy atom. The van der Waals surface area contributed by atoms with Crippen molar-refractivity contribution in [3.05, 3.63) is 12.2 Å². The van der Waals surface area contributed by atoms with Gasteiger partial charge in [-0.15, -0.1) is 0 Å². The molecule has 1 aliphatic rings. The summed E-state index contributed by atoms with van der Waals surface area (Å²) in [6.45, 7) is 2.48. The van der Waals surface area contributed by atoms with E-state index in [0.29, 0.717) is 6.61 Å². The molecule has 1 saturated heterocycles. The highest BCUT2D eigenvalue weighted by atomic mass is 16.7. The summed E-state index contributed by atoms with van der Waals surface area (Å²) in [7, 11) is 0. The van der Waals surface area contributed by atoms with Crippen molar-refractivity contribution in [1.82, 2.24) is 0 Å². The summed E-state index contributed by atoms with van der Waals surface area (Å²) in [6, 6.07) is 0. The normalized spacial score (nSPS) is 24.3. The molecule has 0 spiro atoms. The molecule has 1 atom stereocenters. The number of hydrogen-bond donors (Lipinski definition) is 0. The standard InChI is InChI=1S/C8H12O3/c1-2-4-7(9)11-8-5-3-6-10-8/h2,4,8H,3,5-6H2,1H3/b4-2+. The van der Waals surface area contributed by atoms with E-state index in [9.17, 15) is 4.79 Å². The molecule has 0 radical (unpaired) electrons. The van der Waals surface area contributed by atoms with Crippen LogP contribution in [-0.2, 0) is 14.3 Å². The number of esters is 1. The number of allylic oxidation sites excluding steroid dienone is 1. The van der Waals surface area contributed by atoms with Crippen LogP contribution in [0.25, 0.3) is 0 Å². The Bertz CT molecular complexity index is 157. The van der Waals surface area contributed by atoms with Crippen molar-refractivity contribution < 1.29 is 14.3 Å². The third kappa shape index (κ3) is 2.72. The Balaban J connectivity index is 2.23. The second kappa shape index (κ2) is 4.13. The molecular formula is C8H12O3. The lowest BCUT2D eigenvalue weighted by Crippen LogP contribution is -2.14. The SMILES string of the molecule is C/C=C/C(=O)OC1CCCO1. The van der Waals surface area contributed by atoms with Gasteiger partial charge in [-0.3, -0.25) is 0 Å². The third-order valence-corrected chi connectivity index (χ3v) is 1.44. The van der Waals surface area contributed by atoms with Gasteiger partial charge < -0.3 is 9.47 Å². The molecule has 1 rings (SSSR count). The molecular weight excluding hydrogens is 144 g/mol. The smallest absolute Gasteiger partial charge is 0.332 e. The lowest BCUT2D eigenvalue weighted by molar-refractivity contribution is -0.163. The number of carbonyl (C=O) groups excluding carboxylic acids is 1. The molecule has 1 fully saturated rings. The molecule has 0 aliphatic carbocycles. The minimum absolute atomic E-state index is 0.307. The Morgan fingerprint density at radius 3 is 3.09 bits per heavy atom. The molecule has 0 aromatic carbocycles. The third-order valence-electron chi connectivity index (χ3n) is 1.44. The van der Waals surface area contributed by atoms with Crippen molar-refractivity contribution in [2.24, 2.45) is 0 Å². The van der Waals surface area contributed by atoms with E-state index in [-0.39, 0.29) is 12.3 Å². The molecule has 1 aliphatic heterocycles. The first-order valence-electron chi connectivity index (χ1n) is 3.78. The average Bonchev–Trinajstić information content (AvgIpc) is 2.40. The van der Waals surface area contributed by atoms with Gasteiger partial charge in [0, 0.05) is 12.5 Å². The Kier molecular flexibility index (Phi) is 3.11. The predicted octanol–water partition coefficient (Wildman–Crippen LogP) is 1.24. The van der Waals surface area contributed by atoms with E-state index in [1.807, 2.05) is 0 Å². The van der Waals surface area contributed by atoms with Crippen LogP contribution in [0.2, 0.25) is 0 Å². The lowest BCUT2D eigenvalue weighted by atomic mass is 10.4. The Labute approximate surface area is 66.0 Å². The fraction of sp³-hybridized carbons (Fsp3) is 0.625. The van der Waals surface area contributed by atoms with E-state index < -0.39 is 0 Å². The summed E-state index contributed by atoms with van der Waals surface area (Å²) in [4.78, 5) is 10.8. The first kappa shape index (κ1) is 8.27. The first-order chi connectivity index (χ1) is 5.33. The largest absolute Gasteiger partial charge is 0.433 e. The van der Waals surface area contributed by atoms with E-state index in [2.05, 4.69) is 0 Å². The quantitative estimate of drug-likeness (QED) is 0.445. The molecule has 1 unspecified atom stereocenters. The highest BCUT2D eigenvalue weighted by molar-refractivity contribution is 5.81. The van der Waals surface area contributed by atoms with Gasteiger partial charge in [-0.25, -0.2) is 4.79 Å². The summed E-state index contributed by atoms with van der Waals surface area (Å²) < 4.78 is 10.00. The molecule has 0 N–H and O–H groups in total. The van der Waals surface area contributed by atoms with Crippen LogP contribution in [0.5, 0.6) is 0 Å². The summed E-state index contributed by atoms with van der Waals surface area (Å²) in [5.74, 6) is -0.320. The van der Waals surface area contributed by atoms with Crippen molar-refractivity contribution in [2.45, 2.75) is 26.1 Å². The summed E-state index contributed by atoms with van der Waals surface area (Å²) in [6.07, 6.45) is 4.54. The van der Waals surface area contributed by atoms with Crippen LogP contribution in [0.1, 0.15) is 19.8 Å². The van der Waals surface area contributed by atoms with Gasteiger partial charge in [0.15, 0.2) is 0 Å². The number of carbonyl (C=O) groups is 1. The molecule has 0 saturated carbocycles. The number of hydrogen-bond acceptors (Lipinski definition) is 3. The molecule has 62 valence electrons. The predicted molar refractivity (Wildman–Crippen MR) is 39.9 cm³/mol. The van der Waals surface area contributed by atoms with Gasteiger partial charge in [-0.2, -0.15) is 0 Å². The van der Waals surface area contributed by atoms with E-state index in [1.165, 1.54) is 6.08 Å². The Morgan fingerprint density at radius 1 is 1.73 bits per heavy atom. The molecule has 0 aromatic heterocycles. The van der Waals surface area contributed by atoms with E-state index in [1.54, 1.807) is 13.0 Å². The van der Waals surface area contributed by atoms with Gasteiger partial charge in [0.2, 0.25) is 6.29 Å². The first-order valence-corrected chi connectivity index (χ1v) is 3.78. The Hall–Kier alpha value is -0.830. The fourth-order valence-corrected chi connectivity index (χ4v) is 0.946.